The van der Waals surface area contributed by atoms with E-state index in [1.807, 2.05) is 32.0 Å². The standard InChI is InChI=1S/C19H21NO5/c1-12-5-13(2)7-14(6-12)19(22)20-9-15(21)10-23-16-3-4-17-18(8-16)25-11-24-17/h3-8,15,21H,9-11H2,1-2H3,(H,20,22)/t15-/m0/s1. The predicted molar refractivity (Wildman–Crippen MR) is 92.3 cm³/mol. The lowest BCUT2D eigenvalue weighted by molar-refractivity contribution is 0.0843. The van der Waals surface area contributed by atoms with Crippen molar-refractivity contribution in [2.45, 2.75) is 20.0 Å². The molecule has 3 rings (SSSR count). The number of aryl methyl sites for hydroxylation is 2. The van der Waals surface area contributed by atoms with Crippen LogP contribution in [0.15, 0.2) is 36.4 Å². The number of amides is 1. The van der Waals surface area contributed by atoms with Gasteiger partial charge in [0.05, 0.1) is 0 Å². The van der Waals surface area contributed by atoms with E-state index in [0.717, 1.165) is 11.1 Å². The zero-order chi connectivity index (χ0) is 17.8. The van der Waals surface area contributed by atoms with Crippen molar-refractivity contribution < 1.29 is 24.1 Å². The highest BCUT2D eigenvalue weighted by Gasteiger charge is 2.15. The summed E-state index contributed by atoms with van der Waals surface area (Å²) in [6.45, 7) is 4.25. The third kappa shape index (κ3) is 4.42. The fourth-order valence-corrected chi connectivity index (χ4v) is 2.64. The number of ether oxygens (including phenoxy) is 3. The van der Waals surface area contributed by atoms with E-state index in [4.69, 9.17) is 14.2 Å². The van der Waals surface area contributed by atoms with Gasteiger partial charge in [0.1, 0.15) is 18.5 Å². The van der Waals surface area contributed by atoms with Crippen LogP contribution < -0.4 is 19.5 Å². The minimum Gasteiger partial charge on any atom is -0.491 e. The molecule has 0 saturated heterocycles. The Bertz CT molecular complexity index is 754. The maximum atomic E-state index is 12.2. The number of fused-ring (bicyclic) bond motifs is 1. The lowest BCUT2D eigenvalue weighted by Crippen LogP contribution is -2.35. The molecule has 1 aliphatic rings. The van der Waals surface area contributed by atoms with Gasteiger partial charge in [-0.3, -0.25) is 4.79 Å². The molecule has 2 N–H and O–H groups in total. The second-order valence-corrected chi connectivity index (χ2v) is 6.07. The molecule has 0 unspecified atom stereocenters. The first-order chi connectivity index (χ1) is 12.0. The number of rotatable bonds is 6. The molecule has 0 radical (unpaired) electrons. The van der Waals surface area contributed by atoms with Crippen molar-refractivity contribution in [1.29, 1.82) is 0 Å². The molecule has 1 aliphatic heterocycles. The largest absolute Gasteiger partial charge is 0.491 e. The van der Waals surface area contributed by atoms with Crippen molar-refractivity contribution in [3.05, 3.63) is 53.1 Å². The molecule has 2 aromatic rings. The van der Waals surface area contributed by atoms with E-state index < -0.39 is 6.10 Å². The summed E-state index contributed by atoms with van der Waals surface area (Å²) in [5, 5.41) is 12.7. The van der Waals surface area contributed by atoms with Gasteiger partial charge in [0.15, 0.2) is 11.5 Å². The van der Waals surface area contributed by atoms with Crippen molar-refractivity contribution in [2.24, 2.45) is 0 Å². The van der Waals surface area contributed by atoms with Crippen LogP contribution in [0.2, 0.25) is 0 Å². The first-order valence-corrected chi connectivity index (χ1v) is 8.08. The van der Waals surface area contributed by atoms with Gasteiger partial charge in [0, 0.05) is 18.2 Å². The fraction of sp³-hybridized carbons (Fsp3) is 0.316. The highest BCUT2D eigenvalue weighted by Crippen LogP contribution is 2.35. The van der Waals surface area contributed by atoms with Crippen molar-refractivity contribution in [2.75, 3.05) is 19.9 Å². The summed E-state index contributed by atoms with van der Waals surface area (Å²) in [5.74, 6) is 1.65. The Morgan fingerprint density at radius 2 is 1.88 bits per heavy atom. The van der Waals surface area contributed by atoms with Crippen LogP contribution in [-0.2, 0) is 0 Å². The van der Waals surface area contributed by atoms with Gasteiger partial charge in [0.2, 0.25) is 6.79 Å². The zero-order valence-electron chi connectivity index (χ0n) is 14.2. The zero-order valence-corrected chi connectivity index (χ0v) is 14.2. The molecule has 1 heterocycles. The second kappa shape index (κ2) is 7.44. The quantitative estimate of drug-likeness (QED) is 0.841. The number of aliphatic hydroxyl groups excluding tert-OH is 1. The molecular weight excluding hydrogens is 322 g/mol. The summed E-state index contributed by atoms with van der Waals surface area (Å²) in [7, 11) is 0. The molecule has 0 aliphatic carbocycles. The second-order valence-electron chi connectivity index (χ2n) is 6.07. The highest BCUT2D eigenvalue weighted by molar-refractivity contribution is 5.94. The number of carbonyl (C=O) groups is 1. The minimum atomic E-state index is -0.819. The smallest absolute Gasteiger partial charge is 0.251 e. The van der Waals surface area contributed by atoms with Crippen LogP contribution in [0.25, 0.3) is 0 Å². The van der Waals surface area contributed by atoms with Crippen LogP contribution in [0, 0.1) is 13.8 Å². The molecule has 6 heteroatoms. The lowest BCUT2D eigenvalue weighted by Gasteiger charge is -2.14. The summed E-state index contributed by atoms with van der Waals surface area (Å²) in [5.41, 5.74) is 2.63. The first-order valence-electron chi connectivity index (χ1n) is 8.08. The molecular formula is C19H21NO5. The van der Waals surface area contributed by atoms with Gasteiger partial charge in [-0.05, 0) is 38.1 Å². The van der Waals surface area contributed by atoms with Gasteiger partial charge in [-0.15, -0.1) is 0 Å². The van der Waals surface area contributed by atoms with Gasteiger partial charge in [0.25, 0.3) is 5.91 Å². The monoisotopic (exact) mass is 343 g/mol. The van der Waals surface area contributed by atoms with Crippen LogP contribution in [0.5, 0.6) is 17.2 Å². The third-order valence-corrected chi connectivity index (χ3v) is 3.77. The third-order valence-electron chi connectivity index (χ3n) is 3.77. The highest BCUT2D eigenvalue weighted by atomic mass is 16.7. The Labute approximate surface area is 146 Å². The van der Waals surface area contributed by atoms with Crippen LogP contribution in [0.4, 0.5) is 0 Å². The van der Waals surface area contributed by atoms with Gasteiger partial charge in [-0.2, -0.15) is 0 Å². The van der Waals surface area contributed by atoms with Gasteiger partial charge < -0.3 is 24.6 Å². The van der Waals surface area contributed by atoms with E-state index in [0.29, 0.717) is 22.8 Å². The van der Waals surface area contributed by atoms with Gasteiger partial charge >= 0.3 is 0 Å². The molecule has 6 nitrogen and oxygen atoms in total. The van der Waals surface area contributed by atoms with Crippen molar-refractivity contribution >= 4 is 5.91 Å². The predicted octanol–water partition coefficient (Wildman–Crippen LogP) is 2.20. The van der Waals surface area contributed by atoms with Gasteiger partial charge in [-0.1, -0.05) is 17.2 Å². The molecule has 132 valence electrons. The Morgan fingerprint density at radius 3 is 2.64 bits per heavy atom. The minimum absolute atomic E-state index is 0.0623. The summed E-state index contributed by atoms with van der Waals surface area (Å²) < 4.78 is 16.0. The first kappa shape index (κ1) is 17.1. The maximum absolute atomic E-state index is 12.2. The Hall–Kier alpha value is -2.73. The molecule has 1 amide bonds. The average molecular weight is 343 g/mol. The molecule has 0 spiro atoms. The van der Waals surface area contributed by atoms with Gasteiger partial charge in [-0.25, -0.2) is 0 Å². The number of nitrogens with one attached hydrogen (secondary N) is 1. The summed E-state index contributed by atoms with van der Waals surface area (Å²) in [4.78, 5) is 12.2. The average Bonchev–Trinajstić information content (AvgIpc) is 3.04. The number of hydrogen-bond acceptors (Lipinski definition) is 5. The fourth-order valence-electron chi connectivity index (χ4n) is 2.64. The Balaban J connectivity index is 1.47. The molecule has 0 bridgehead atoms. The van der Waals surface area contributed by atoms with Crippen LogP contribution in [-0.4, -0.2) is 37.1 Å². The number of aliphatic hydroxyl groups is 1. The summed E-state index contributed by atoms with van der Waals surface area (Å²) in [6, 6.07) is 10.9. The molecule has 0 fully saturated rings. The number of benzene rings is 2. The van der Waals surface area contributed by atoms with E-state index in [-0.39, 0.29) is 25.9 Å². The maximum Gasteiger partial charge on any atom is 0.251 e. The molecule has 0 aromatic heterocycles. The van der Waals surface area contributed by atoms with Crippen LogP contribution >= 0.6 is 0 Å². The van der Waals surface area contributed by atoms with Crippen molar-refractivity contribution in [1.82, 2.24) is 5.32 Å². The number of hydrogen-bond donors (Lipinski definition) is 2. The SMILES string of the molecule is Cc1cc(C)cc(C(=O)NC[C@H](O)COc2ccc3c(c2)OCO3)c1. The topological polar surface area (TPSA) is 77.0 Å². The summed E-state index contributed by atoms with van der Waals surface area (Å²) in [6.07, 6.45) is -0.819. The summed E-state index contributed by atoms with van der Waals surface area (Å²) >= 11 is 0. The van der Waals surface area contributed by atoms with E-state index in [1.165, 1.54) is 0 Å². The molecule has 2 aromatic carbocycles. The molecule has 25 heavy (non-hydrogen) atoms. The van der Waals surface area contributed by atoms with E-state index in [1.54, 1.807) is 18.2 Å². The van der Waals surface area contributed by atoms with Crippen LogP contribution in [0.1, 0.15) is 21.5 Å². The normalized spacial score (nSPS) is 13.4. The van der Waals surface area contributed by atoms with Crippen molar-refractivity contribution in [3.8, 4) is 17.2 Å². The Kier molecular flexibility index (Phi) is 5.09. The lowest BCUT2D eigenvalue weighted by atomic mass is 10.1. The van der Waals surface area contributed by atoms with E-state index >= 15 is 0 Å². The van der Waals surface area contributed by atoms with E-state index in [9.17, 15) is 9.90 Å². The Morgan fingerprint density at radius 1 is 1.16 bits per heavy atom. The van der Waals surface area contributed by atoms with E-state index in [2.05, 4.69) is 5.32 Å². The van der Waals surface area contributed by atoms with Crippen LogP contribution in [0.3, 0.4) is 0 Å². The van der Waals surface area contributed by atoms with Crippen molar-refractivity contribution in [3.63, 3.8) is 0 Å². The molecule has 0 saturated carbocycles. The molecule has 1 atom stereocenters. The number of carbonyl (C=O) groups excluding carboxylic acids is 1.